The molecule has 1 saturated carbocycles. The Balaban J connectivity index is 1.59. The van der Waals surface area contributed by atoms with Crippen molar-refractivity contribution in [2.45, 2.75) is 84.0 Å². The van der Waals surface area contributed by atoms with E-state index in [4.69, 9.17) is 0 Å². The number of hydrogen-bond donors (Lipinski definition) is 1. The lowest BCUT2D eigenvalue weighted by molar-refractivity contribution is 0.0187. The molecule has 2 nitrogen and oxygen atoms in total. The van der Waals surface area contributed by atoms with Crippen LogP contribution in [0.1, 0.15) is 84.0 Å². The van der Waals surface area contributed by atoms with Gasteiger partial charge in [-0.3, -0.25) is 0 Å². The number of rotatable bonds is 5. The molecule has 1 aliphatic heterocycles. The van der Waals surface area contributed by atoms with Crippen molar-refractivity contribution in [3.05, 3.63) is 12.2 Å². The number of hydrogen-bond acceptors (Lipinski definition) is 2. The van der Waals surface area contributed by atoms with Gasteiger partial charge in [-0.25, -0.2) is 0 Å². The first-order chi connectivity index (χ1) is 12.3. The van der Waals surface area contributed by atoms with Gasteiger partial charge in [0.1, 0.15) is 0 Å². The zero-order chi connectivity index (χ0) is 17.5. The summed E-state index contributed by atoms with van der Waals surface area (Å²) < 4.78 is 0. The van der Waals surface area contributed by atoms with Crippen LogP contribution in [0, 0.1) is 23.2 Å². The molecule has 144 valence electrons. The second-order valence-electron chi connectivity index (χ2n) is 9.27. The molecular weight excluding hydrogens is 306 g/mol. The van der Waals surface area contributed by atoms with Crippen LogP contribution in [-0.2, 0) is 0 Å². The van der Waals surface area contributed by atoms with Gasteiger partial charge in [-0.1, -0.05) is 51.2 Å². The van der Waals surface area contributed by atoms with E-state index in [0.717, 1.165) is 12.5 Å². The van der Waals surface area contributed by atoms with Gasteiger partial charge < -0.3 is 10.0 Å². The van der Waals surface area contributed by atoms with Gasteiger partial charge in [0.05, 0.1) is 0 Å². The van der Waals surface area contributed by atoms with Crippen LogP contribution in [0.15, 0.2) is 12.2 Å². The fraction of sp³-hybridized carbons (Fsp3) is 0.913. The summed E-state index contributed by atoms with van der Waals surface area (Å²) in [6.45, 7) is 6.48. The molecule has 1 N–H and O–H groups in total. The minimum atomic E-state index is 0.380. The van der Waals surface area contributed by atoms with Crippen LogP contribution in [0.4, 0.5) is 0 Å². The van der Waals surface area contributed by atoms with Crippen molar-refractivity contribution in [1.29, 1.82) is 0 Å². The van der Waals surface area contributed by atoms with E-state index >= 15 is 0 Å². The van der Waals surface area contributed by atoms with Crippen LogP contribution in [0.3, 0.4) is 0 Å². The number of allylic oxidation sites excluding steroid dienone is 2. The van der Waals surface area contributed by atoms with Crippen molar-refractivity contribution in [2.24, 2.45) is 23.2 Å². The monoisotopic (exact) mass is 347 g/mol. The van der Waals surface area contributed by atoms with Gasteiger partial charge >= 0.3 is 0 Å². The predicted octanol–water partition coefficient (Wildman–Crippen LogP) is 5.41. The second kappa shape index (κ2) is 9.55. The van der Waals surface area contributed by atoms with Crippen molar-refractivity contribution in [3.63, 3.8) is 0 Å². The van der Waals surface area contributed by atoms with E-state index in [2.05, 4.69) is 24.0 Å². The first-order valence-corrected chi connectivity index (χ1v) is 11.3. The van der Waals surface area contributed by atoms with E-state index in [1.165, 1.54) is 90.1 Å². The highest BCUT2D eigenvalue weighted by molar-refractivity contribution is 4.99. The zero-order valence-corrected chi connectivity index (χ0v) is 16.6. The summed E-state index contributed by atoms with van der Waals surface area (Å²) in [6, 6.07) is 0. The Hall–Kier alpha value is -0.340. The second-order valence-corrected chi connectivity index (χ2v) is 9.27. The van der Waals surface area contributed by atoms with E-state index < -0.39 is 0 Å². The molecule has 1 heterocycles. The fourth-order valence-corrected chi connectivity index (χ4v) is 5.97. The maximum Gasteiger partial charge on any atom is 0.0474 e. The molecule has 2 fully saturated rings. The predicted molar refractivity (Wildman–Crippen MR) is 107 cm³/mol. The first kappa shape index (κ1) is 19.4. The SMILES string of the molecule is CCC1(CN2CCC(C3C=CCCC3)C(CO)C2)CCCCCCC1. The number of nitrogens with zero attached hydrogens (tertiary/aromatic N) is 1. The van der Waals surface area contributed by atoms with Crippen molar-refractivity contribution >= 4 is 0 Å². The molecule has 0 aromatic rings. The standard InChI is InChI=1S/C23H41NO/c1-2-23(14-9-4-3-5-10-15-23)19-24-16-13-22(21(17-24)18-25)20-11-7-6-8-12-20/h7,11,20-22,25H,2-6,8-10,12-19H2,1H3. The molecule has 0 aromatic carbocycles. The van der Waals surface area contributed by atoms with E-state index in [9.17, 15) is 5.11 Å². The Morgan fingerprint density at radius 1 is 1.04 bits per heavy atom. The number of aliphatic hydroxyl groups is 1. The largest absolute Gasteiger partial charge is 0.396 e. The normalized spacial score (nSPS) is 34.4. The minimum Gasteiger partial charge on any atom is -0.396 e. The van der Waals surface area contributed by atoms with Crippen LogP contribution >= 0.6 is 0 Å². The molecule has 3 atom stereocenters. The van der Waals surface area contributed by atoms with Crippen LogP contribution in [0.5, 0.6) is 0 Å². The highest BCUT2D eigenvalue weighted by atomic mass is 16.3. The van der Waals surface area contributed by atoms with Crippen LogP contribution in [0.2, 0.25) is 0 Å². The third kappa shape index (κ3) is 5.10. The van der Waals surface area contributed by atoms with Gasteiger partial charge in [0, 0.05) is 19.7 Å². The van der Waals surface area contributed by atoms with Crippen molar-refractivity contribution in [2.75, 3.05) is 26.2 Å². The highest BCUT2D eigenvalue weighted by Gasteiger charge is 2.37. The molecule has 0 aromatic heterocycles. The third-order valence-corrected chi connectivity index (χ3v) is 7.68. The lowest BCUT2D eigenvalue weighted by atomic mass is 9.71. The van der Waals surface area contributed by atoms with Gasteiger partial charge in [0.25, 0.3) is 0 Å². The summed E-state index contributed by atoms with van der Waals surface area (Å²) >= 11 is 0. The molecular formula is C23H41NO. The summed E-state index contributed by atoms with van der Waals surface area (Å²) in [5, 5.41) is 10.1. The topological polar surface area (TPSA) is 23.5 Å². The summed E-state index contributed by atoms with van der Waals surface area (Å²) in [5.41, 5.74) is 0.554. The van der Waals surface area contributed by atoms with Gasteiger partial charge in [-0.05, 0) is 74.7 Å². The fourth-order valence-electron chi connectivity index (χ4n) is 5.97. The average molecular weight is 348 g/mol. The molecule has 3 rings (SSSR count). The Kier molecular flexibility index (Phi) is 7.42. The summed E-state index contributed by atoms with van der Waals surface area (Å²) in [4.78, 5) is 2.73. The first-order valence-electron chi connectivity index (χ1n) is 11.3. The lowest BCUT2D eigenvalue weighted by Crippen LogP contribution is -2.48. The summed E-state index contributed by atoms with van der Waals surface area (Å²) in [5.74, 6) is 1.94. The molecule has 3 unspecified atom stereocenters. The van der Waals surface area contributed by atoms with Crippen LogP contribution in [0.25, 0.3) is 0 Å². The Morgan fingerprint density at radius 3 is 2.44 bits per heavy atom. The molecule has 0 radical (unpaired) electrons. The van der Waals surface area contributed by atoms with E-state index in [0.29, 0.717) is 23.9 Å². The Morgan fingerprint density at radius 2 is 1.80 bits per heavy atom. The molecule has 0 amide bonds. The van der Waals surface area contributed by atoms with Crippen molar-refractivity contribution in [1.82, 2.24) is 4.90 Å². The molecule has 0 bridgehead atoms. The summed E-state index contributed by atoms with van der Waals surface area (Å²) in [7, 11) is 0. The third-order valence-electron chi connectivity index (χ3n) is 7.68. The van der Waals surface area contributed by atoms with Gasteiger partial charge in [0.15, 0.2) is 0 Å². The number of likely N-dealkylation sites (tertiary alicyclic amines) is 1. The Labute approximate surface area is 156 Å². The number of aliphatic hydroxyl groups excluding tert-OH is 1. The molecule has 3 aliphatic rings. The number of piperidine rings is 1. The molecule has 2 heteroatoms. The van der Waals surface area contributed by atoms with E-state index in [1.54, 1.807) is 0 Å². The van der Waals surface area contributed by atoms with Crippen LogP contribution < -0.4 is 0 Å². The quantitative estimate of drug-likeness (QED) is 0.672. The van der Waals surface area contributed by atoms with E-state index in [1.807, 2.05) is 0 Å². The molecule has 2 aliphatic carbocycles. The highest BCUT2D eigenvalue weighted by Crippen LogP contribution is 2.41. The van der Waals surface area contributed by atoms with Crippen molar-refractivity contribution in [3.8, 4) is 0 Å². The van der Waals surface area contributed by atoms with Gasteiger partial charge in [-0.2, -0.15) is 0 Å². The average Bonchev–Trinajstić information content (AvgIpc) is 2.65. The maximum absolute atomic E-state index is 10.1. The molecule has 25 heavy (non-hydrogen) atoms. The minimum absolute atomic E-state index is 0.380. The van der Waals surface area contributed by atoms with Gasteiger partial charge in [0.2, 0.25) is 0 Å². The van der Waals surface area contributed by atoms with Crippen molar-refractivity contribution < 1.29 is 5.11 Å². The molecule has 0 spiro atoms. The Bertz CT molecular complexity index is 410. The maximum atomic E-state index is 10.1. The van der Waals surface area contributed by atoms with Crippen LogP contribution in [-0.4, -0.2) is 36.2 Å². The molecule has 1 saturated heterocycles. The van der Waals surface area contributed by atoms with Gasteiger partial charge in [-0.15, -0.1) is 0 Å². The smallest absolute Gasteiger partial charge is 0.0474 e. The summed E-state index contributed by atoms with van der Waals surface area (Å²) in [6.07, 6.45) is 21.5. The lowest BCUT2D eigenvalue weighted by Gasteiger charge is -2.46. The zero-order valence-electron chi connectivity index (χ0n) is 16.6. The van der Waals surface area contributed by atoms with E-state index in [-0.39, 0.29) is 0 Å².